The number of nitrogens with zero attached hydrogens (tertiary/aromatic N) is 1. The first-order valence-electron chi connectivity index (χ1n) is 3.71. The van der Waals surface area contributed by atoms with Crippen molar-refractivity contribution in [3.63, 3.8) is 0 Å². The van der Waals surface area contributed by atoms with Gasteiger partial charge in [-0.1, -0.05) is 17.7 Å². The second-order valence-corrected chi connectivity index (χ2v) is 3.10. The third-order valence-electron chi connectivity index (χ3n) is 1.98. The third-order valence-corrected chi connectivity index (χ3v) is 2.20. The van der Waals surface area contributed by atoms with Gasteiger partial charge in [-0.05, 0) is 24.6 Å². The minimum Gasteiger partial charge on any atom is -0.310 e. The topological polar surface area (TPSA) is 24.9 Å². The van der Waals surface area contributed by atoms with E-state index < -0.39 is 0 Å². The van der Waals surface area contributed by atoms with E-state index in [1.54, 1.807) is 0 Å². The summed E-state index contributed by atoms with van der Waals surface area (Å²) in [6.07, 6.45) is 3.04. The van der Waals surface area contributed by atoms with Crippen molar-refractivity contribution in [2.24, 2.45) is 0 Å². The average Bonchev–Trinajstić information content (AvgIpc) is 1.90. The molecule has 1 aliphatic heterocycles. The van der Waals surface area contributed by atoms with Crippen molar-refractivity contribution in [1.82, 2.24) is 10.3 Å². The van der Waals surface area contributed by atoms with Gasteiger partial charge in [-0.25, -0.2) is 4.98 Å². The smallest absolute Gasteiger partial charge is 0.129 e. The highest BCUT2D eigenvalue weighted by Crippen LogP contribution is 2.22. The lowest BCUT2D eigenvalue weighted by molar-refractivity contribution is 0.382. The quantitative estimate of drug-likeness (QED) is 0.647. The summed E-state index contributed by atoms with van der Waals surface area (Å²) in [7, 11) is 0. The SMILES string of the molecule is Clc1ccc([C@H]2CCN2)cn1. The first-order chi connectivity index (χ1) is 5.36. The molecular formula is C8H9ClN2. The van der Waals surface area contributed by atoms with E-state index in [2.05, 4.69) is 10.3 Å². The van der Waals surface area contributed by atoms with Crippen LogP contribution in [0, 0.1) is 0 Å². The van der Waals surface area contributed by atoms with E-state index in [0.717, 1.165) is 6.54 Å². The molecule has 1 aromatic rings. The minimum atomic E-state index is 0.514. The number of hydrogen-bond donors (Lipinski definition) is 1. The molecule has 0 unspecified atom stereocenters. The molecule has 1 saturated heterocycles. The van der Waals surface area contributed by atoms with Crippen molar-refractivity contribution in [2.45, 2.75) is 12.5 Å². The molecule has 11 heavy (non-hydrogen) atoms. The number of halogens is 1. The van der Waals surface area contributed by atoms with Crippen LogP contribution >= 0.6 is 11.6 Å². The van der Waals surface area contributed by atoms with Crippen LogP contribution in [0.15, 0.2) is 18.3 Å². The monoisotopic (exact) mass is 168 g/mol. The first-order valence-corrected chi connectivity index (χ1v) is 4.09. The van der Waals surface area contributed by atoms with E-state index in [-0.39, 0.29) is 0 Å². The molecule has 0 aromatic carbocycles. The fourth-order valence-electron chi connectivity index (χ4n) is 1.17. The summed E-state index contributed by atoms with van der Waals surface area (Å²) in [5.41, 5.74) is 1.24. The molecule has 2 rings (SSSR count). The number of pyridine rings is 1. The zero-order valence-electron chi connectivity index (χ0n) is 6.05. The lowest BCUT2D eigenvalue weighted by Gasteiger charge is -2.27. The van der Waals surface area contributed by atoms with E-state index in [0.29, 0.717) is 11.2 Å². The van der Waals surface area contributed by atoms with Crippen molar-refractivity contribution in [1.29, 1.82) is 0 Å². The van der Waals surface area contributed by atoms with Gasteiger partial charge in [-0.15, -0.1) is 0 Å². The molecular weight excluding hydrogens is 160 g/mol. The van der Waals surface area contributed by atoms with Crippen LogP contribution in [-0.2, 0) is 0 Å². The average molecular weight is 169 g/mol. The second kappa shape index (κ2) is 2.80. The molecule has 0 radical (unpaired) electrons. The summed E-state index contributed by atoms with van der Waals surface area (Å²) >= 11 is 5.65. The van der Waals surface area contributed by atoms with Crippen LogP contribution in [0.2, 0.25) is 5.15 Å². The van der Waals surface area contributed by atoms with Gasteiger partial charge in [-0.3, -0.25) is 0 Å². The van der Waals surface area contributed by atoms with E-state index in [1.165, 1.54) is 12.0 Å². The Balaban J connectivity index is 2.18. The fraction of sp³-hybridized carbons (Fsp3) is 0.375. The zero-order valence-corrected chi connectivity index (χ0v) is 6.80. The maximum Gasteiger partial charge on any atom is 0.129 e. The molecule has 3 heteroatoms. The largest absolute Gasteiger partial charge is 0.310 e. The maximum absolute atomic E-state index is 5.65. The van der Waals surface area contributed by atoms with E-state index in [1.807, 2.05) is 18.3 Å². The maximum atomic E-state index is 5.65. The molecule has 2 heterocycles. The molecule has 0 amide bonds. The highest BCUT2D eigenvalue weighted by Gasteiger charge is 2.17. The van der Waals surface area contributed by atoms with Crippen LogP contribution in [0.5, 0.6) is 0 Å². The summed E-state index contributed by atoms with van der Waals surface area (Å²) in [5.74, 6) is 0. The summed E-state index contributed by atoms with van der Waals surface area (Å²) in [6.45, 7) is 1.12. The molecule has 0 bridgehead atoms. The minimum absolute atomic E-state index is 0.514. The number of rotatable bonds is 1. The Morgan fingerprint density at radius 3 is 2.82 bits per heavy atom. The van der Waals surface area contributed by atoms with Gasteiger partial charge >= 0.3 is 0 Å². The van der Waals surface area contributed by atoms with Gasteiger partial charge < -0.3 is 5.32 Å². The van der Waals surface area contributed by atoms with E-state index in [9.17, 15) is 0 Å². The van der Waals surface area contributed by atoms with Crippen LogP contribution in [0.4, 0.5) is 0 Å². The summed E-state index contributed by atoms with van der Waals surface area (Å²) in [5, 5.41) is 3.86. The van der Waals surface area contributed by atoms with Crippen molar-refractivity contribution in [2.75, 3.05) is 6.54 Å². The highest BCUT2D eigenvalue weighted by atomic mass is 35.5. The van der Waals surface area contributed by atoms with Gasteiger partial charge in [0.2, 0.25) is 0 Å². The molecule has 1 atom stereocenters. The molecule has 1 aliphatic rings. The Kier molecular flexibility index (Phi) is 1.80. The lowest BCUT2D eigenvalue weighted by atomic mass is 10.0. The van der Waals surface area contributed by atoms with Crippen molar-refractivity contribution in [3.05, 3.63) is 29.0 Å². The van der Waals surface area contributed by atoms with Crippen LogP contribution in [0.3, 0.4) is 0 Å². The van der Waals surface area contributed by atoms with Crippen molar-refractivity contribution in [3.8, 4) is 0 Å². The van der Waals surface area contributed by atoms with Crippen molar-refractivity contribution >= 4 is 11.6 Å². The molecule has 1 fully saturated rings. The molecule has 0 saturated carbocycles. The van der Waals surface area contributed by atoms with Gasteiger partial charge in [0.25, 0.3) is 0 Å². The third kappa shape index (κ3) is 1.37. The Labute approximate surface area is 70.6 Å². The zero-order chi connectivity index (χ0) is 7.68. The fourth-order valence-corrected chi connectivity index (χ4v) is 1.28. The Morgan fingerprint density at radius 2 is 2.36 bits per heavy atom. The van der Waals surface area contributed by atoms with Gasteiger partial charge in [0.15, 0.2) is 0 Å². The molecule has 58 valence electrons. The van der Waals surface area contributed by atoms with Crippen LogP contribution < -0.4 is 5.32 Å². The Hall–Kier alpha value is -0.600. The number of nitrogens with one attached hydrogen (secondary N) is 1. The predicted octanol–water partition coefficient (Wildman–Crippen LogP) is 1.77. The highest BCUT2D eigenvalue weighted by molar-refractivity contribution is 6.29. The summed E-state index contributed by atoms with van der Waals surface area (Å²) < 4.78 is 0. The van der Waals surface area contributed by atoms with Crippen LogP contribution in [0.1, 0.15) is 18.0 Å². The predicted molar refractivity (Wildman–Crippen MR) is 44.6 cm³/mol. The Morgan fingerprint density at radius 1 is 1.55 bits per heavy atom. The van der Waals surface area contributed by atoms with Crippen LogP contribution in [0.25, 0.3) is 0 Å². The summed E-state index contributed by atoms with van der Waals surface area (Å²) in [4.78, 5) is 4.01. The molecule has 1 aromatic heterocycles. The van der Waals surface area contributed by atoms with Crippen molar-refractivity contribution < 1.29 is 0 Å². The standard InChI is InChI=1S/C8H9ClN2/c9-8-2-1-6(5-11-8)7-3-4-10-7/h1-2,5,7,10H,3-4H2/t7-/m1/s1. The second-order valence-electron chi connectivity index (χ2n) is 2.71. The normalized spacial score (nSPS) is 22.8. The molecule has 1 N–H and O–H groups in total. The number of aromatic nitrogens is 1. The molecule has 0 aliphatic carbocycles. The Bertz CT molecular complexity index is 241. The molecule has 2 nitrogen and oxygen atoms in total. The van der Waals surface area contributed by atoms with E-state index >= 15 is 0 Å². The van der Waals surface area contributed by atoms with E-state index in [4.69, 9.17) is 11.6 Å². The van der Waals surface area contributed by atoms with Gasteiger partial charge in [0, 0.05) is 12.2 Å². The van der Waals surface area contributed by atoms with Crippen LogP contribution in [-0.4, -0.2) is 11.5 Å². The van der Waals surface area contributed by atoms with Gasteiger partial charge in [0.1, 0.15) is 5.15 Å². The van der Waals surface area contributed by atoms with Gasteiger partial charge in [0.05, 0.1) is 0 Å². The summed E-state index contributed by atoms with van der Waals surface area (Å²) in [6, 6.07) is 4.36. The number of hydrogen-bond acceptors (Lipinski definition) is 2. The molecule has 0 spiro atoms. The lowest BCUT2D eigenvalue weighted by Crippen LogP contribution is -2.34. The van der Waals surface area contributed by atoms with Gasteiger partial charge in [-0.2, -0.15) is 0 Å². The first kappa shape index (κ1) is 7.07.